The van der Waals surface area contributed by atoms with Crippen molar-refractivity contribution in [2.24, 2.45) is 0 Å². The Hall–Kier alpha value is -2.29. The van der Waals surface area contributed by atoms with E-state index < -0.39 is 28.5 Å². The number of sulfonamides is 1. The maximum Gasteiger partial charge on any atom is 0.244 e. The Bertz CT molecular complexity index is 1080. The van der Waals surface area contributed by atoms with Crippen LogP contribution in [0.4, 0.5) is 5.69 Å². The monoisotopic (exact) mass is 499 g/mol. The van der Waals surface area contributed by atoms with Gasteiger partial charge in [0.15, 0.2) is 0 Å². The van der Waals surface area contributed by atoms with E-state index in [2.05, 4.69) is 5.32 Å². The van der Waals surface area contributed by atoms with Crippen LogP contribution in [0.5, 0.6) is 0 Å². The normalized spacial score (nSPS) is 12.2. The van der Waals surface area contributed by atoms with Crippen LogP contribution in [-0.2, 0) is 26.2 Å². The van der Waals surface area contributed by atoms with E-state index in [1.165, 1.54) is 24.1 Å². The minimum atomic E-state index is -3.88. The molecule has 32 heavy (non-hydrogen) atoms. The molecule has 0 fully saturated rings. The van der Waals surface area contributed by atoms with Gasteiger partial charge in [-0.3, -0.25) is 13.9 Å². The summed E-state index contributed by atoms with van der Waals surface area (Å²) in [6.45, 7) is 3.35. The minimum Gasteiger partial charge on any atom is -0.357 e. The first-order valence-corrected chi connectivity index (χ1v) is 12.6. The van der Waals surface area contributed by atoms with Crippen molar-refractivity contribution in [3.63, 3.8) is 0 Å². The molecular formula is C22H27Cl2N3O4S. The summed E-state index contributed by atoms with van der Waals surface area (Å²) in [6, 6.07) is 11.3. The van der Waals surface area contributed by atoms with Crippen molar-refractivity contribution in [3.05, 3.63) is 63.6 Å². The summed E-state index contributed by atoms with van der Waals surface area (Å²) in [4.78, 5) is 27.3. The summed E-state index contributed by atoms with van der Waals surface area (Å²) in [6.07, 6.45) is 1.34. The van der Waals surface area contributed by atoms with Crippen LogP contribution in [0.15, 0.2) is 42.5 Å². The van der Waals surface area contributed by atoms with Crippen LogP contribution in [0.3, 0.4) is 0 Å². The number of rotatable bonds is 9. The summed E-state index contributed by atoms with van der Waals surface area (Å²) < 4.78 is 26.0. The molecule has 0 heterocycles. The molecule has 2 aromatic rings. The number of anilines is 1. The molecule has 1 atom stereocenters. The number of nitrogens with zero attached hydrogens (tertiary/aromatic N) is 2. The summed E-state index contributed by atoms with van der Waals surface area (Å²) in [7, 11) is -2.39. The van der Waals surface area contributed by atoms with Crippen molar-refractivity contribution in [3.8, 4) is 0 Å². The maximum atomic E-state index is 13.4. The Morgan fingerprint density at radius 3 is 2.25 bits per heavy atom. The number of carbonyl (C=O) groups is 2. The zero-order chi connectivity index (χ0) is 24.1. The molecule has 0 unspecified atom stereocenters. The van der Waals surface area contributed by atoms with Gasteiger partial charge in [-0.05, 0) is 31.0 Å². The third-order valence-corrected chi connectivity index (χ3v) is 6.92. The predicted octanol–water partition coefficient (Wildman–Crippen LogP) is 3.62. The number of hydrogen-bond donors (Lipinski definition) is 1. The highest BCUT2D eigenvalue weighted by atomic mass is 35.5. The second kappa shape index (κ2) is 11.0. The van der Waals surface area contributed by atoms with E-state index in [0.717, 1.165) is 21.7 Å². The molecule has 10 heteroatoms. The lowest BCUT2D eigenvalue weighted by Crippen LogP contribution is -2.51. The number of likely N-dealkylation sites (N-methyl/N-ethyl adjacent to an activating group) is 1. The van der Waals surface area contributed by atoms with Crippen LogP contribution in [0.2, 0.25) is 10.0 Å². The molecule has 0 spiro atoms. The zero-order valence-electron chi connectivity index (χ0n) is 18.4. The van der Waals surface area contributed by atoms with Gasteiger partial charge in [0.25, 0.3) is 0 Å². The maximum absolute atomic E-state index is 13.4. The van der Waals surface area contributed by atoms with E-state index in [0.29, 0.717) is 6.42 Å². The number of nitrogens with one attached hydrogen (secondary N) is 1. The topological polar surface area (TPSA) is 86.8 Å². The van der Waals surface area contributed by atoms with Gasteiger partial charge in [0.1, 0.15) is 12.6 Å². The van der Waals surface area contributed by atoms with Gasteiger partial charge < -0.3 is 10.2 Å². The fourth-order valence-corrected chi connectivity index (χ4v) is 4.56. The van der Waals surface area contributed by atoms with Crippen LogP contribution in [0.25, 0.3) is 0 Å². The molecule has 1 N–H and O–H groups in total. The number of halogens is 2. The first-order valence-electron chi connectivity index (χ1n) is 9.97. The molecule has 2 rings (SSSR count). The lowest BCUT2D eigenvalue weighted by molar-refractivity contribution is -0.140. The Morgan fingerprint density at radius 1 is 1.09 bits per heavy atom. The predicted molar refractivity (Wildman–Crippen MR) is 129 cm³/mol. The third-order valence-electron chi connectivity index (χ3n) is 4.98. The molecule has 7 nitrogen and oxygen atoms in total. The molecule has 0 aliphatic carbocycles. The average molecular weight is 500 g/mol. The van der Waals surface area contributed by atoms with E-state index in [-0.39, 0.29) is 28.2 Å². The zero-order valence-corrected chi connectivity index (χ0v) is 20.8. The summed E-state index contributed by atoms with van der Waals surface area (Å²) in [5, 5.41) is 2.76. The molecule has 0 aliphatic rings. The highest BCUT2D eigenvalue weighted by molar-refractivity contribution is 7.92. The van der Waals surface area contributed by atoms with Gasteiger partial charge >= 0.3 is 0 Å². The molecule has 0 saturated carbocycles. The average Bonchev–Trinajstić information content (AvgIpc) is 2.74. The van der Waals surface area contributed by atoms with E-state index in [1.807, 2.05) is 31.2 Å². The van der Waals surface area contributed by atoms with Crippen LogP contribution in [0.1, 0.15) is 24.5 Å². The fourth-order valence-electron chi connectivity index (χ4n) is 3.26. The smallest absolute Gasteiger partial charge is 0.244 e. The first-order chi connectivity index (χ1) is 15.0. The molecule has 0 bridgehead atoms. The van der Waals surface area contributed by atoms with Crippen molar-refractivity contribution in [2.75, 3.05) is 24.2 Å². The Kier molecular flexibility index (Phi) is 8.95. The Morgan fingerprint density at radius 2 is 1.72 bits per heavy atom. The van der Waals surface area contributed by atoms with Crippen LogP contribution < -0.4 is 9.62 Å². The summed E-state index contributed by atoms with van der Waals surface area (Å²) >= 11 is 12.3. The van der Waals surface area contributed by atoms with E-state index in [9.17, 15) is 18.0 Å². The van der Waals surface area contributed by atoms with Crippen molar-refractivity contribution >= 4 is 50.7 Å². The van der Waals surface area contributed by atoms with Crippen molar-refractivity contribution in [2.45, 2.75) is 32.9 Å². The first kappa shape index (κ1) is 26.0. The van der Waals surface area contributed by atoms with Gasteiger partial charge in [-0.1, -0.05) is 66.0 Å². The van der Waals surface area contributed by atoms with Gasteiger partial charge in [-0.2, -0.15) is 0 Å². The van der Waals surface area contributed by atoms with E-state index in [4.69, 9.17) is 23.2 Å². The third kappa shape index (κ3) is 6.37. The van der Waals surface area contributed by atoms with Gasteiger partial charge in [-0.25, -0.2) is 8.42 Å². The SMILES string of the molecule is CC[C@H](C(=O)NC)N(Cc1ccc(C)cc1)C(=O)CN(c1cccc(Cl)c1Cl)S(C)(=O)=O. The highest BCUT2D eigenvalue weighted by Gasteiger charge is 2.32. The van der Waals surface area contributed by atoms with Crippen molar-refractivity contribution in [1.82, 2.24) is 10.2 Å². The van der Waals surface area contributed by atoms with Crippen LogP contribution in [-0.4, -0.2) is 51.0 Å². The second-order valence-corrected chi connectivity index (χ2v) is 10.1. The van der Waals surface area contributed by atoms with Crippen molar-refractivity contribution in [1.29, 1.82) is 0 Å². The molecule has 0 radical (unpaired) electrons. The molecular weight excluding hydrogens is 473 g/mol. The molecule has 0 aliphatic heterocycles. The lowest BCUT2D eigenvalue weighted by atomic mass is 10.1. The Labute approximate surface area is 199 Å². The minimum absolute atomic E-state index is 0.0239. The van der Waals surface area contributed by atoms with Crippen LogP contribution in [0, 0.1) is 6.92 Å². The van der Waals surface area contributed by atoms with Gasteiger partial charge in [0, 0.05) is 13.6 Å². The molecule has 2 amide bonds. The second-order valence-electron chi connectivity index (χ2n) is 7.39. The number of carbonyl (C=O) groups excluding carboxylic acids is 2. The number of benzene rings is 2. The van der Waals surface area contributed by atoms with E-state index in [1.54, 1.807) is 13.0 Å². The van der Waals surface area contributed by atoms with Gasteiger partial charge in [0.05, 0.1) is 22.0 Å². The molecule has 0 saturated heterocycles. The summed E-state index contributed by atoms with van der Waals surface area (Å²) in [5.74, 6) is -0.873. The fraction of sp³-hybridized carbons (Fsp3) is 0.364. The molecule has 174 valence electrons. The number of amides is 2. The summed E-state index contributed by atoms with van der Waals surface area (Å²) in [5.41, 5.74) is 1.97. The number of aryl methyl sites for hydroxylation is 1. The largest absolute Gasteiger partial charge is 0.357 e. The van der Waals surface area contributed by atoms with Gasteiger partial charge in [0.2, 0.25) is 21.8 Å². The van der Waals surface area contributed by atoms with Crippen molar-refractivity contribution < 1.29 is 18.0 Å². The highest BCUT2D eigenvalue weighted by Crippen LogP contribution is 2.33. The quantitative estimate of drug-likeness (QED) is 0.570. The Balaban J connectivity index is 2.46. The lowest BCUT2D eigenvalue weighted by Gasteiger charge is -2.32. The van der Waals surface area contributed by atoms with Crippen LogP contribution >= 0.6 is 23.2 Å². The molecule has 0 aromatic heterocycles. The molecule has 2 aromatic carbocycles. The number of hydrogen-bond acceptors (Lipinski definition) is 4. The van der Waals surface area contributed by atoms with E-state index >= 15 is 0 Å². The standard InChI is InChI=1S/C22H27Cl2N3O4S/c1-5-18(22(29)25-3)26(13-16-11-9-15(2)10-12-16)20(28)14-27(32(4,30)31)19-8-6-7-17(23)21(19)24/h6-12,18H,5,13-14H2,1-4H3,(H,25,29)/t18-/m1/s1. The van der Waals surface area contributed by atoms with Gasteiger partial charge in [-0.15, -0.1) is 0 Å².